The van der Waals surface area contributed by atoms with E-state index in [2.05, 4.69) is 9.51 Å². The lowest BCUT2D eigenvalue weighted by Gasteiger charge is -2.17. The molecule has 13 heteroatoms. The van der Waals surface area contributed by atoms with E-state index in [0.717, 1.165) is 10.9 Å². The number of hydrogen-bond acceptors (Lipinski definition) is 8. The summed E-state index contributed by atoms with van der Waals surface area (Å²) in [4.78, 5) is 31.6. The van der Waals surface area contributed by atoms with Gasteiger partial charge in [-0.2, -0.15) is 0 Å². The fourth-order valence-corrected chi connectivity index (χ4v) is 2.35. The van der Waals surface area contributed by atoms with Gasteiger partial charge in [-0.3, -0.25) is 9.09 Å². The SMILES string of the molecule is Nc1c(C(=O)O)ncn1[C@H]1O[C@H](COP(=O)(O)O)C(O)C1O. The van der Waals surface area contributed by atoms with Crippen LogP contribution in [0, 0.1) is 0 Å². The second-order valence-corrected chi connectivity index (χ2v) is 5.76. The number of aliphatic hydroxyl groups is 2. The molecule has 4 atom stereocenters. The molecule has 1 aliphatic heterocycles. The largest absolute Gasteiger partial charge is 0.476 e. The number of ether oxygens (including phenoxy) is 1. The zero-order chi connectivity index (χ0) is 16.7. The third-order valence-electron chi connectivity index (χ3n) is 3.05. The van der Waals surface area contributed by atoms with E-state index >= 15 is 0 Å². The van der Waals surface area contributed by atoms with Crippen molar-refractivity contribution in [3.63, 3.8) is 0 Å². The highest BCUT2D eigenvalue weighted by atomic mass is 31.2. The van der Waals surface area contributed by atoms with Gasteiger partial charge in [-0.25, -0.2) is 14.3 Å². The van der Waals surface area contributed by atoms with Gasteiger partial charge in [0.15, 0.2) is 11.9 Å². The average Bonchev–Trinajstić information content (AvgIpc) is 2.90. The van der Waals surface area contributed by atoms with E-state index in [4.69, 9.17) is 25.4 Å². The van der Waals surface area contributed by atoms with Crippen molar-refractivity contribution < 1.29 is 43.7 Å². The summed E-state index contributed by atoms with van der Waals surface area (Å²) in [6, 6.07) is 0. The zero-order valence-electron chi connectivity index (χ0n) is 10.9. The molecule has 0 bridgehead atoms. The predicted octanol–water partition coefficient (Wildman–Crippen LogP) is -2.11. The first kappa shape index (κ1) is 16.8. The Morgan fingerprint density at radius 3 is 2.59 bits per heavy atom. The first-order valence-electron chi connectivity index (χ1n) is 5.89. The Labute approximate surface area is 123 Å². The van der Waals surface area contributed by atoms with Crippen molar-refractivity contribution in [2.24, 2.45) is 0 Å². The van der Waals surface area contributed by atoms with Gasteiger partial charge in [0.25, 0.3) is 0 Å². The minimum absolute atomic E-state index is 0.305. The maximum atomic E-state index is 10.9. The molecular formula is C9H14N3O9P. The van der Waals surface area contributed by atoms with Crippen LogP contribution < -0.4 is 5.73 Å². The third kappa shape index (κ3) is 3.28. The highest BCUT2D eigenvalue weighted by molar-refractivity contribution is 7.46. The van der Waals surface area contributed by atoms with Gasteiger partial charge in [-0.15, -0.1) is 0 Å². The van der Waals surface area contributed by atoms with Crippen molar-refractivity contribution in [1.82, 2.24) is 9.55 Å². The fourth-order valence-electron chi connectivity index (χ4n) is 2.01. The molecule has 1 fully saturated rings. The molecule has 0 aliphatic carbocycles. The van der Waals surface area contributed by atoms with Crippen LogP contribution >= 0.6 is 7.82 Å². The molecule has 0 spiro atoms. The number of carboxylic acids is 1. The smallest absolute Gasteiger partial charge is 0.469 e. The first-order valence-corrected chi connectivity index (χ1v) is 7.42. The molecule has 12 nitrogen and oxygen atoms in total. The van der Waals surface area contributed by atoms with E-state index in [-0.39, 0.29) is 5.82 Å². The Morgan fingerprint density at radius 2 is 2.09 bits per heavy atom. The molecule has 2 heterocycles. The van der Waals surface area contributed by atoms with Gasteiger partial charge in [-0.1, -0.05) is 0 Å². The monoisotopic (exact) mass is 339 g/mol. The summed E-state index contributed by atoms with van der Waals surface area (Å²) >= 11 is 0. The Hall–Kier alpha value is -1.53. The van der Waals surface area contributed by atoms with Crippen LogP contribution in [0.3, 0.4) is 0 Å². The number of anilines is 1. The number of phosphoric acid groups is 1. The Morgan fingerprint density at radius 1 is 1.45 bits per heavy atom. The molecule has 0 saturated carbocycles. The van der Waals surface area contributed by atoms with E-state index in [0.29, 0.717) is 0 Å². The summed E-state index contributed by atoms with van der Waals surface area (Å²) in [5.74, 6) is -1.69. The molecule has 2 unspecified atom stereocenters. The predicted molar refractivity (Wildman–Crippen MR) is 67.5 cm³/mol. The Bertz CT molecular complexity index is 613. The van der Waals surface area contributed by atoms with Crippen molar-refractivity contribution in [2.75, 3.05) is 12.3 Å². The Balaban J connectivity index is 2.16. The third-order valence-corrected chi connectivity index (χ3v) is 3.54. The van der Waals surface area contributed by atoms with Crippen LogP contribution in [-0.4, -0.2) is 65.5 Å². The molecular weight excluding hydrogens is 325 g/mol. The number of carboxylic acid groups (broad SMARTS) is 1. The van der Waals surface area contributed by atoms with E-state index < -0.39 is 50.6 Å². The van der Waals surface area contributed by atoms with Gasteiger partial charge in [0.1, 0.15) is 24.1 Å². The number of carbonyl (C=O) groups is 1. The summed E-state index contributed by atoms with van der Waals surface area (Å²) in [5, 5.41) is 28.6. The maximum absolute atomic E-state index is 10.9. The van der Waals surface area contributed by atoms with Gasteiger partial charge >= 0.3 is 13.8 Å². The van der Waals surface area contributed by atoms with Crippen molar-refractivity contribution in [2.45, 2.75) is 24.5 Å². The number of aliphatic hydroxyl groups excluding tert-OH is 2. The molecule has 1 saturated heterocycles. The number of nitrogen functional groups attached to an aromatic ring is 1. The average molecular weight is 339 g/mol. The number of rotatable bonds is 5. The summed E-state index contributed by atoms with van der Waals surface area (Å²) in [7, 11) is -4.77. The maximum Gasteiger partial charge on any atom is 0.469 e. The molecule has 1 aromatic rings. The summed E-state index contributed by atoms with van der Waals surface area (Å²) in [5.41, 5.74) is 5.11. The zero-order valence-corrected chi connectivity index (χ0v) is 11.8. The van der Waals surface area contributed by atoms with Gasteiger partial charge in [-0.05, 0) is 0 Å². The molecule has 0 aromatic carbocycles. The number of hydrogen-bond donors (Lipinski definition) is 6. The van der Waals surface area contributed by atoms with Gasteiger partial charge in [0.05, 0.1) is 12.9 Å². The fraction of sp³-hybridized carbons (Fsp3) is 0.556. The normalized spacial score (nSPS) is 28.9. The van der Waals surface area contributed by atoms with E-state index in [1.54, 1.807) is 0 Å². The quantitative estimate of drug-likeness (QED) is 0.321. The van der Waals surface area contributed by atoms with E-state index in [1.165, 1.54) is 0 Å². The molecule has 124 valence electrons. The summed E-state index contributed by atoms with van der Waals surface area (Å²) in [6.45, 7) is -0.681. The van der Waals surface area contributed by atoms with Crippen LogP contribution in [0.2, 0.25) is 0 Å². The van der Waals surface area contributed by atoms with Gasteiger partial charge < -0.3 is 35.6 Å². The number of aromatic nitrogens is 2. The topological polar surface area (TPSA) is 198 Å². The first-order chi connectivity index (χ1) is 10.1. The van der Waals surface area contributed by atoms with Crippen LogP contribution in [0.1, 0.15) is 16.7 Å². The van der Waals surface area contributed by atoms with Crippen LogP contribution in [0.15, 0.2) is 6.33 Å². The molecule has 7 N–H and O–H groups in total. The lowest BCUT2D eigenvalue weighted by atomic mass is 10.1. The minimum atomic E-state index is -4.77. The number of aromatic carboxylic acids is 1. The van der Waals surface area contributed by atoms with Gasteiger partial charge in [0.2, 0.25) is 0 Å². The molecule has 22 heavy (non-hydrogen) atoms. The standard InChI is InChI=1S/C9H14N3O9P/c10-7-4(9(15)16)11-2-12(7)8-6(14)5(13)3(21-8)1-20-22(17,18)19/h2-3,5-6,8,13-14H,1,10H2,(H,15,16)(H2,17,18,19)/t3-,5?,6?,8+/m1/s1. The summed E-state index contributed by atoms with van der Waals surface area (Å²) in [6.07, 6.45) is -4.56. The van der Waals surface area contributed by atoms with E-state index in [9.17, 15) is 19.6 Å². The van der Waals surface area contributed by atoms with Crippen molar-refractivity contribution >= 4 is 19.6 Å². The number of nitrogens with zero attached hydrogens (tertiary/aromatic N) is 2. The molecule has 2 rings (SSSR count). The van der Waals surface area contributed by atoms with Crippen LogP contribution in [-0.2, 0) is 13.8 Å². The second-order valence-electron chi connectivity index (χ2n) is 4.52. The number of phosphoric ester groups is 1. The highest BCUT2D eigenvalue weighted by Crippen LogP contribution is 2.38. The Kier molecular flexibility index (Phi) is 4.54. The van der Waals surface area contributed by atoms with Crippen LogP contribution in [0.4, 0.5) is 5.82 Å². The van der Waals surface area contributed by atoms with Crippen LogP contribution in [0.25, 0.3) is 0 Å². The van der Waals surface area contributed by atoms with Crippen LogP contribution in [0.5, 0.6) is 0 Å². The molecule has 0 amide bonds. The highest BCUT2D eigenvalue weighted by Gasteiger charge is 2.45. The molecule has 0 radical (unpaired) electrons. The molecule has 1 aromatic heterocycles. The van der Waals surface area contributed by atoms with Crippen molar-refractivity contribution in [3.8, 4) is 0 Å². The number of nitrogens with two attached hydrogens (primary N) is 1. The summed E-state index contributed by atoms with van der Waals surface area (Å²) < 4.78 is 21.1. The van der Waals surface area contributed by atoms with Crippen molar-refractivity contribution in [1.29, 1.82) is 0 Å². The van der Waals surface area contributed by atoms with Gasteiger partial charge in [0, 0.05) is 0 Å². The lowest BCUT2D eigenvalue weighted by Crippen LogP contribution is -2.33. The second kappa shape index (κ2) is 5.93. The van der Waals surface area contributed by atoms with E-state index in [1.807, 2.05) is 0 Å². The van der Waals surface area contributed by atoms with Crippen molar-refractivity contribution in [3.05, 3.63) is 12.0 Å². The number of imidazole rings is 1. The lowest BCUT2D eigenvalue weighted by molar-refractivity contribution is -0.0511. The molecule has 1 aliphatic rings. The minimum Gasteiger partial charge on any atom is -0.476 e.